The third-order valence-corrected chi connectivity index (χ3v) is 0.994. The number of aromatic nitrogens is 2. The Bertz CT molecular complexity index is 157. The second-order valence-electron chi connectivity index (χ2n) is 1.43. The van der Waals surface area contributed by atoms with Crippen LogP contribution in [0.2, 0.25) is 0 Å². The molecule has 0 aliphatic heterocycles. The molecule has 8 heavy (non-hydrogen) atoms. The number of imidazole rings is 1. The zero-order valence-electron chi connectivity index (χ0n) is 4.32. The molecule has 0 bridgehead atoms. The maximum absolute atomic E-state index is 4.63. The Kier molecular flexibility index (Phi) is 1.75. The summed E-state index contributed by atoms with van der Waals surface area (Å²) in [6, 6.07) is 0. The molecule has 0 aromatic carbocycles. The molecule has 1 heterocycles. The predicted molar refractivity (Wildman–Crippen MR) is 35.9 cm³/mol. The number of nitrogens with zero attached hydrogens (tertiary/aromatic N) is 2. The summed E-state index contributed by atoms with van der Waals surface area (Å²) in [6.45, 7) is 0.773. The van der Waals surface area contributed by atoms with Gasteiger partial charge < -0.3 is 4.57 Å². The lowest BCUT2D eigenvalue weighted by Gasteiger charge is -1.88. The molecule has 1 aromatic rings. The van der Waals surface area contributed by atoms with E-state index in [-0.39, 0.29) is 0 Å². The third kappa shape index (κ3) is 1.13. The van der Waals surface area contributed by atoms with E-state index in [9.17, 15) is 0 Å². The van der Waals surface area contributed by atoms with Crippen LogP contribution in [-0.4, -0.2) is 14.9 Å². The topological polar surface area (TPSA) is 17.8 Å². The Morgan fingerprint density at radius 2 is 2.62 bits per heavy atom. The van der Waals surface area contributed by atoms with Crippen LogP contribution in [0, 0.1) is 0 Å². The molecule has 42 valence electrons. The molecule has 0 saturated carbocycles. The van der Waals surface area contributed by atoms with Crippen LogP contribution in [0.4, 0.5) is 0 Å². The van der Waals surface area contributed by atoms with Crippen molar-refractivity contribution in [3.05, 3.63) is 18.7 Å². The molecule has 0 spiro atoms. The highest BCUT2D eigenvalue weighted by atomic mass is 32.1. The normalized spacial score (nSPS) is 9.00. The third-order valence-electron chi connectivity index (χ3n) is 0.845. The van der Waals surface area contributed by atoms with Gasteiger partial charge in [-0.15, -0.1) is 0 Å². The molecule has 0 N–H and O–H groups in total. The monoisotopic (exact) mass is 126 g/mol. The molecule has 1 rings (SSSR count). The van der Waals surface area contributed by atoms with Gasteiger partial charge in [0, 0.05) is 12.4 Å². The number of hydrogen-bond acceptors (Lipinski definition) is 2. The lowest BCUT2D eigenvalue weighted by Crippen LogP contribution is -1.91. The fourth-order valence-corrected chi connectivity index (χ4v) is 0.653. The van der Waals surface area contributed by atoms with Crippen molar-refractivity contribution in [1.82, 2.24) is 9.55 Å². The van der Waals surface area contributed by atoms with Gasteiger partial charge in [-0.05, 0) is 5.37 Å². The molecule has 0 radical (unpaired) electrons. The lowest BCUT2D eigenvalue weighted by atomic mass is 10.7. The van der Waals surface area contributed by atoms with Crippen molar-refractivity contribution in [1.29, 1.82) is 0 Å². The van der Waals surface area contributed by atoms with E-state index in [1.54, 1.807) is 17.9 Å². The van der Waals surface area contributed by atoms with Crippen molar-refractivity contribution in [2.75, 3.05) is 0 Å². The van der Waals surface area contributed by atoms with Crippen molar-refractivity contribution in [2.45, 2.75) is 6.54 Å². The van der Waals surface area contributed by atoms with Crippen LogP contribution in [0.15, 0.2) is 18.7 Å². The van der Waals surface area contributed by atoms with E-state index in [0.717, 1.165) is 6.54 Å². The molecule has 0 unspecified atom stereocenters. The fourth-order valence-electron chi connectivity index (χ4n) is 0.481. The van der Waals surface area contributed by atoms with Crippen LogP contribution >= 0.6 is 12.2 Å². The molecule has 2 nitrogen and oxygen atoms in total. The molecule has 0 saturated heterocycles. The first-order valence-corrected chi connectivity index (χ1v) is 2.80. The van der Waals surface area contributed by atoms with E-state index in [1.165, 1.54) is 0 Å². The van der Waals surface area contributed by atoms with E-state index >= 15 is 0 Å². The number of rotatable bonds is 2. The van der Waals surface area contributed by atoms with Gasteiger partial charge in [-0.2, -0.15) is 0 Å². The summed E-state index contributed by atoms with van der Waals surface area (Å²) in [6.07, 6.45) is 5.35. The summed E-state index contributed by atoms with van der Waals surface area (Å²) in [5, 5.41) is 1.67. The molecular weight excluding hydrogens is 120 g/mol. The molecular formula is C5H6N2S. The Morgan fingerprint density at radius 1 is 1.75 bits per heavy atom. The van der Waals surface area contributed by atoms with Crippen molar-refractivity contribution >= 4 is 17.6 Å². The van der Waals surface area contributed by atoms with Crippen LogP contribution in [-0.2, 0) is 6.54 Å². The van der Waals surface area contributed by atoms with Crippen LogP contribution in [0.1, 0.15) is 0 Å². The summed E-state index contributed by atoms with van der Waals surface area (Å²) >= 11 is 4.63. The standard InChI is InChI=1S/C5H6N2S/c8-4-3-7-2-1-6-5-7/h1-2,4-5H,3H2. The van der Waals surface area contributed by atoms with E-state index in [1.807, 2.05) is 10.8 Å². The maximum atomic E-state index is 4.63. The lowest BCUT2D eigenvalue weighted by molar-refractivity contribution is 0.868. The SMILES string of the molecule is S=CCn1ccnc1. The molecule has 0 atom stereocenters. The molecule has 0 aliphatic carbocycles. The molecule has 0 fully saturated rings. The Balaban J connectivity index is 2.62. The highest BCUT2D eigenvalue weighted by molar-refractivity contribution is 7.78. The molecule has 3 heteroatoms. The van der Waals surface area contributed by atoms with E-state index < -0.39 is 0 Å². The van der Waals surface area contributed by atoms with Crippen molar-refractivity contribution < 1.29 is 0 Å². The summed E-state index contributed by atoms with van der Waals surface area (Å²) in [5.74, 6) is 0. The Labute approximate surface area is 53.2 Å². The quantitative estimate of drug-likeness (QED) is 0.547. The van der Waals surface area contributed by atoms with E-state index in [4.69, 9.17) is 0 Å². The van der Waals surface area contributed by atoms with Crippen LogP contribution < -0.4 is 0 Å². The first kappa shape index (κ1) is 5.44. The van der Waals surface area contributed by atoms with Gasteiger partial charge in [0.1, 0.15) is 0 Å². The fraction of sp³-hybridized carbons (Fsp3) is 0.200. The summed E-state index contributed by atoms with van der Waals surface area (Å²) in [5.41, 5.74) is 0. The van der Waals surface area contributed by atoms with Gasteiger partial charge >= 0.3 is 0 Å². The summed E-state index contributed by atoms with van der Waals surface area (Å²) in [7, 11) is 0. The average Bonchev–Trinajstić information content (AvgIpc) is 2.19. The first-order valence-electron chi connectivity index (χ1n) is 2.33. The van der Waals surface area contributed by atoms with Crippen molar-refractivity contribution in [3.63, 3.8) is 0 Å². The second kappa shape index (κ2) is 2.57. The zero-order valence-corrected chi connectivity index (χ0v) is 5.14. The minimum absolute atomic E-state index is 0.773. The van der Waals surface area contributed by atoms with E-state index in [0.29, 0.717) is 0 Å². The Morgan fingerprint density at radius 3 is 3.12 bits per heavy atom. The van der Waals surface area contributed by atoms with Crippen LogP contribution in [0.3, 0.4) is 0 Å². The second-order valence-corrected chi connectivity index (χ2v) is 1.76. The molecule has 1 aromatic heterocycles. The van der Waals surface area contributed by atoms with Gasteiger partial charge in [0.05, 0.1) is 12.9 Å². The average molecular weight is 126 g/mol. The minimum Gasteiger partial charge on any atom is -0.333 e. The number of thiocarbonyl (C=S) groups is 1. The van der Waals surface area contributed by atoms with Crippen LogP contribution in [0.5, 0.6) is 0 Å². The van der Waals surface area contributed by atoms with Gasteiger partial charge in [0.2, 0.25) is 0 Å². The van der Waals surface area contributed by atoms with Crippen molar-refractivity contribution in [3.8, 4) is 0 Å². The van der Waals surface area contributed by atoms with Gasteiger partial charge in [-0.1, -0.05) is 12.2 Å². The highest BCUT2D eigenvalue weighted by Gasteiger charge is 1.80. The van der Waals surface area contributed by atoms with Gasteiger partial charge in [-0.3, -0.25) is 0 Å². The van der Waals surface area contributed by atoms with Gasteiger partial charge in [0.15, 0.2) is 0 Å². The van der Waals surface area contributed by atoms with Gasteiger partial charge in [0.25, 0.3) is 0 Å². The summed E-state index contributed by atoms with van der Waals surface area (Å²) in [4.78, 5) is 3.84. The van der Waals surface area contributed by atoms with E-state index in [2.05, 4.69) is 17.2 Å². The van der Waals surface area contributed by atoms with Crippen LogP contribution in [0.25, 0.3) is 0 Å². The maximum Gasteiger partial charge on any atom is 0.0949 e. The molecule has 0 amide bonds. The van der Waals surface area contributed by atoms with Crippen molar-refractivity contribution in [2.24, 2.45) is 0 Å². The van der Waals surface area contributed by atoms with Gasteiger partial charge in [-0.25, -0.2) is 4.98 Å². The molecule has 0 aliphatic rings. The Hall–Kier alpha value is -0.700. The minimum atomic E-state index is 0.773. The first-order chi connectivity index (χ1) is 3.93. The zero-order chi connectivity index (χ0) is 5.82. The summed E-state index contributed by atoms with van der Waals surface area (Å²) < 4.78 is 1.91. The largest absolute Gasteiger partial charge is 0.333 e. The highest BCUT2D eigenvalue weighted by Crippen LogP contribution is 1.81. The number of hydrogen-bond donors (Lipinski definition) is 0. The predicted octanol–water partition coefficient (Wildman–Crippen LogP) is 0.883. The smallest absolute Gasteiger partial charge is 0.0949 e.